The quantitative estimate of drug-likeness (QED) is 0.705. The van der Waals surface area contributed by atoms with Crippen LogP contribution in [0.1, 0.15) is 39.0 Å². The van der Waals surface area contributed by atoms with E-state index in [1.807, 2.05) is 19.0 Å². The van der Waals surface area contributed by atoms with Crippen molar-refractivity contribution in [1.29, 1.82) is 0 Å². The molecule has 3 heteroatoms. The molecule has 0 saturated carbocycles. The number of carbonyl (C=O) groups is 1. The summed E-state index contributed by atoms with van der Waals surface area (Å²) in [7, 11) is 3.65. The molecule has 1 heterocycles. The molecule has 0 aromatic rings. The van der Waals surface area contributed by atoms with Gasteiger partial charge in [-0.15, -0.1) is 0 Å². The molecule has 0 aliphatic carbocycles. The molecule has 1 aliphatic rings. The third-order valence-corrected chi connectivity index (χ3v) is 3.23. The highest BCUT2D eigenvalue weighted by Crippen LogP contribution is 2.22. The highest BCUT2D eigenvalue weighted by atomic mass is 16.2. The summed E-state index contributed by atoms with van der Waals surface area (Å²) in [4.78, 5) is 15.3. The lowest BCUT2D eigenvalue weighted by Gasteiger charge is -2.33. The first-order valence-corrected chi connectivity index (χ1v) is 6.11. The van der Waals surface area contributed by atoms with Crippen LogP contribution in [0.15, 0.2) is 0 Å². The molecule has 1 aliphatic heterocycles. The molecule has 0 aromatic heterocycles. The number of unbranched alkanes of at least 4 members (excludes halogenated alkanes) is 1. The molecular formula is C12H24N2O. The minimum absolute atomic E-state index is 0.170. The van der Waals surface area contributed by atoms with Crippen molar-refractivity contribution in [2.45, 2.75) is 39.0 Å². The number of rotatable bonds is 3. The van der Waals surface area contributed by atoms with Crippen LogP contribution in [-0.2, 0) is 0 Å². The fourth-order valence-corrected chi connectivity index (χ4v) is 2.19. The van der Waals surface area contributed by atoms with Crippen molar-refractivity contribution >= 4 is 6.03 Å². The largest absolute Gasteiger partial charge is 0.331 e. The number of urea groups is 1. The second-order valence-corrected chi connectivity index (χ2v) is 4.75. The number of amides is 2. The van der Waals surface area contributed by atoms with Crippen molar-refractivity contribution in [1.82, 2.24) is 9.80 Å². The van der Waals surface area contributed by atoms with Gasteiger partial charge in [0.1, 0.15) is 0 Å². The Morgan fingerprint density at radius 2 is 1.93 bits per heavy atom. The number of likely N-dealkylation sites (tertiary alicyclic amines) is 1. The second kappa shape index (κ2) is 5.99. The third-order valence-electron chi connectivity index (χ3n) is 3.23. The lowest BCUT2D eigenvalue weighted by atomic mass is 9.92. The van der Waals surface area contributed by atoms with Crippen molar-refractivity contribution in [3.63, 3.8) is 0 Å². The van der Waals surface area contributed by atoms with E-state index in [0.29, 0.717) is 0 Å². The Kier molecular flexibility index (Phi) is 4.92. The van der Waals surface area contributed by atoms with Crippen LogP contribution in [0, 0.1) is 5.92 Å². The van der Waals surface area contributed by atoms with Crippen LogP contribution in [-0.4, -0.2) is 43.0 Å². The summed E-state index contributed by atoms with van der Waals surface area (Å²) in [6.07, 6.45) is 6.36. The lowest BCUT2D eigenvalue weighted by Crippen LogP contribution is -2.43. The molecule has 3 nitrogen and oxygen atoms in total. The Bertz CT molecular complexity index is 196. The van der Waals surface area contributed by atoms with Crippen LogP contribution in [0.5, 0.6) is 0 Å². The monoisotopic (exact) mass is 212 g/mol. The molecule has 1 rings (SSSR count). The number of nitrogens with zero attached hydrogens (tertiary/aromatic N) is 2. The topological polar surface area (TPSA) is 23.6 Å². The zero-order chi connectivity index (χ0) is 11.3. The Labute approximate surface area is 93.4 Å². The molecule has 0 radical (unpaired) electrons. The number of hydrogen-bond donors (Lipinski definition) is 0. The van der Waals surface area contributed by atoms with Crippen LogP contribution in [0.3, 0.4) is 0 Å². The Morgan fingerprint density at radius 3 is 2.40 bits per heavy atom. The number of hydrogen-bond acceptors (Lipinski definition) is 1. The summed E-state index contributed by atoms with van der Waals surface area (Å²) in [5.74, 6) is 0.858. The molecule has 0 bridgehead atoms. The predicted octanol–water partition coefficient (Wildman–Crippen LogP) is 2.57. The van der Waals surface area contributed by atoms with Crippen molar-refractivity contribution in [2.24, 2.45) is 5.92 Å². The Morgan fingerprint density at radius 1 is 1.33 bits per heavy atom. The Hall–Kier alpha value is -0.730. The van der Waals surface area contributed by atoms with E-state index >= 15 is 0 Å². The fourth-order valence-electron chi connectivity index (χ4n) is 2.19. The molecule has 2 amide bonds. The highest BCUT2D eigenvalue weighted by Gasteiger charge is 2.22. The lowest BCUT2D eigenvalue weighted by molar-refractivity contribution is 0.145. The van der Waals surface area contributed by atoms with Crippen molar-refractivity contribution in [3.05, 3.63) is 0 Å². The molecule has 0 atom stereocenters. The first kappa shape index (κ1) is 12.3. The van der Waals surface area contributed by atoms with Gasteiger partial charge in [0.2, 0.25) is 0 Å². The summed E-state index contributed by atoms with van der Waals surface area (Å²) in [6.45, 7) is 4.14. The van der Waals surface area contributed by atoms with E-state index < -0.39 is 0 Å². The minimum atomic E-state index is 0.170. The second-order valence-electron chi connectivity index (χ2n) is 4.75. The smallest absolute Gasteiger partial charge is 0.319 e. The average Bonchev–Trinajstić information content (AvgIpc) is 2.26. The first-order chi connectivity index (χ1) is 7.15. The van der Waals surface area contributed by atoms with Crippen LogP contribution >= 0.6 is 0 Å². The normalized spacial score (nSPS) is 17.9. The minimum Gasteiger partial charge on any atom is -0.331 e. The molecule has 15 heavy (non-hydrogen) atoms. The zero-order valence-corrected chi connectivity index (χ0v) is 10.3. The molecular weight excluding hydrogens is 188 g/mol. The summed E-state index contributed by atoms with van der Waals surface area (Å²) in [5.41, 5.74) is 0. The molecule has 0 unspecified atom stereocenters. The van der Waals surface area contributed by atoms with E-state index in [9.17, 15) is 4.79 Å². The zero-order valence-electron chi connectivity index (χ0n) is 10.3. The third kappa shape index (κ3) is 3.73. The maximum Gasteiger partial charge on any atom is 0.319 e. The van der Waals surface area contributed by atoms with Gasteiger partial charge in [0.15, 0.2) is 0 Å². The van der Waals surface area contributed by atoms with Gasteiger partial charge in [0.25, 0.3) is 0 Å². The van der Waals surface area contributed by atoms with E-state index in [4.69, 9.17) is 0 Å². The summed E-state index contributed by atoms with van der Waals surface area (Å²) < 4.78 is 0. The van der Waals surface area contributed by atoms with Crippen LogP contribution in [0.25, 0.3) is 0 Å². The van der Waals surface area contributed by atoms with Crippen LogP contribution in [0.4, 0.5) is 4.79 Å². The van der Waals surface area contributed by atoms with Gasteiger partial charge in [-0.25, -0.2) is 4.79 Å². The van der Waals surface area contributed by atoms with Gasteiger partial charge in [-0.1, -0.05) is 26.2 Å². The molecule has 1 fully saturated rings. The maximum atomic E-state index is 11.7. The molecule has 1 saturated heterocycles. The van der Waals surface area contributed by atoms with Gasteiger partial charge in [-0.05, 0) is 18.8 Å². The molecule has 0 spiro atoms. The Balaban J connectivity index is 2.26. The molecule has 0 N–H and O–H groups in total. The van der Waals surface area contributed by atoms with Crippen LogP contribution < -0.4 is 0 Å². The van der Waals surface area contributed by atoms with Gasteiger partial charge in [0, 0.05) is 27.2 Å². The number of piperidine rings is 1. The van der Waals surface area contributed by atoms with E-state index in [1.54, 1.807) is 4.90 Å². The van der Waals surface area contributed by atoms with E-state index in [0.717, 1.165) is 19.0 Å². The summed E-state index contributed by atoms with van der Waals surface area (Å²) in [6, 6.07) is 0.170. The summed E-state index contributed by atoms with van der Waals surface area (Å²) in [5, 5.41) is 0. The van der Waals surface area contributed by atoms with E-state index in [1.165, 1.54) is 32.1 Å². The summed E-state index contributed by atoms with van der Waals surface area (Å²) >= 11 is 0. The van der Waals surface area contributed by atoms with Crippen molar-refractivity contribution in [2.75, 3.05) is 27.2 Å². The average molecular weight is 212 g/mol. The van der Waals surface area contributed by atoms with Gasteiger partial charge < -0.3 is 9.80 Å². The number of carbonyl (C=O) groups excluding carboxylic acids is 1. The van der Waals surface area contributed by atoms with Gasteiger partial charge in [-0.2, -0.15) is 0 Å². The maximum absolute atomic E-state index is 11.7. The molecule has 88 valence electrons. The van der Waals surface area contributed by atoms with Gasteiger partial charge in [-0.3, -0.25) is 0 Å². The first-order valence-electron chi connectivity index (χ1n) is 6.11. The standard InChI is InChI=1S/C12H24N2O/c1-4-5-6-11-7-9-14(10-8-11)12(15)13(2)3/h11H,4-10H2,1-3H3. The van der Waals surface area contributed by atoms with Crippen molar-refractivity contribution in [3.8, 4) is 0 Å². The van der Waals surface area contributed by atoms with E-state index in [2.05, 4.69) is 6.92 Å². The van der Waals surface area contributed by atoms with Gasteiger partial charge >= 0.3 is 6.03 Å². The predicted molar refractivity (Wildman–Crippen MR) is 62.9 cm³/mol. The highest BCUT2D eigenvalue weighted by molar-refractivity contribution is 5.73. The van der Waals surface area contributed by atoms with Gasteiger partial charge in [0.05, 0.1) is 0 Å². The van der Waals surface area contributed by atoms with Crippen LogP contribution in [0.2, 0.25) is 0 Å². The fraction of sp³-hybridized carbons (Fsp3) is 0.917. The SMILES string of the molecule is CCCCC1CCN(C(=O)N(C)C)CC1. The van der Waals surface area contributed by atoms with Crippen molar-refractivity contribution < 1.29 is 4.79 Å². The van der Waals surface area contributed by atoms with E-state index in [-0.39, 0.29) is 6.03 Å². The molecule has 0 aromatic carbocycles.